The summed E-state index contributed by atoms with van der Waals surface area (Å²) in [5, 5.41) is 15.0. The molecule has 3 aromatic heterocycles. The number of rotatable bonds is 5. The van der Waals surface area contributed by atoms with E-state index in [1.807, 2.05) is 37.3 Å². The zero-order valence-corrected chi connectivity index (χ0v) is 29.9. The van der Waals surface area contributed by atoms with Gasteiger partial charge in [0.15, 0.2) is 5.56 Å². The van der Waals surface area contributed by atoms with Crippen LogP contribution in [-0.2, 0) is 42.3 Å². The molecule has 1 saturated heterocycles. The average molecular weight is 723 g/mol. The molecule has 2 aliphatic rings. The monoisotopic (exact) mass is 722 g/mol. The number of hydrogen-bond donors (Lipinski definition) is 2. The van der Waals surface area contributed by atoms with E-state index in [-0.39, 0.29) is 40.4 Å². The Labute approximate surface area is 300 Å². The van der Waals surface area contributed by atoms with E-state index in [1.54, 1.807) is 27.1 Å². The summed E-state index contributed by atoms with van der Waals surface area (Å²) in [7, 11) is 4.72. The van der Waals surface area contributed by atoms with Gasteiger partial charge in [0.1, 0.15) is 0 Å². The first-order valence-electron chi connectivity index (χ1n) is 15.9. The van der Waals surface area contributed by atoms with E-state index in [0.717, 1.165) is 63.0 Å². The largest absolute Gasteiger partial charge is 2.00 e. The van der Waals surface area contributed by atoms with E-state index in [0.29, 0.717) is 35.0 Å². The van der Waals surface area contributed by atoms with Crippen LogP contribution in [0.1, 0.15) is 41.3 Å². The van der Waals surface area contributed by atoms with Crippen molar-refractivity contribution in [1.29, 1.82) is 0 Å². The second-order valence-corrected chi connectivity index (χ2v) is 12.6. The fraction of sp³-hybridized carbons (Fsp3) is 0.351. The van der Waals surface area contributed by atoms with Gasteiger partial charge in [-0.25, -0.2) is 9.78 Å². The molecule has 0 bridgehead atoms. The summed E-state index contributed by atoms with van der Waals surface area (Å²) in [6.07, 6.45) is 4.80. The molecule has 0 amide bonds. The summed E-state index contributed by atoms with van der Waals surface area (Å²) in [4.78, 5) is 32.1. The molecule has 12 heteroatoms. The summed E-state index contributed by atoms with van der Waals surface area (Å²) < 4.78 is 13.6. The van der Waals surface area contributed by atoms with E-state index in [1.165, 1.54) is 17.2 Å². The number of aryl methyl sites for hydroxylation is 4. The molecule has 3 atom stereocenters. The van der Waals surface area contributed by atoms with Crippen molar-refractivity contribution in [3.63, 3.8) is 0 Å². The van der Waals surface area contributed by atoms with Crippen LogP contribution in [0.5, 0.6) is 5.88 Å². The molecule has 1 aliphatic carbocycles. The van der Waals surface area contributed by atoms with Crippen LogP contribution in [0.15, 0.2) is 58.1 Å². The summed E-state index contributed by atoms with van der Waals surface area (Å²) in [5.74, 6) is 0.616. The van der Waals surface area contributed by atoms with E-state index < -0.39 is 6.10 Å². The third kappa shape index (κ3) is 7.24. The van der Waals surface area contributed by atoms with Gasteiger partial charge in [-0.2, -0.15) is 29.8 Å². The normalized spacial score (nSPS) is 18.3. The van der Waals surface area contributed by atoms with Crippen molar-refractivity contribution in [1.82, 2.24) is 24.4 Å². The molecular formula is C37H38ClMnN5O5. The van der Waals surface area contributed by atoms with E-state index in [4.69, 9.17) is 26.1 Å². The quantitative estimate of drug-likeness (QED) is 0.199. The van der Waals surface area contributed by atoms with Crippen LogP contribution in [0.2, 0.25) is 5.02 Å². The Morgan fingerprint density at radius 1 is 1.06 bits per heavy atom. The molecule has 255 valence electrons. The summed E-state index contributed by atoms with van der Waals surface area (Å²) >= 11 is 6.92. The van der Waals surface area contributed by atoms with Gasteiger partial charge < -0.3 is 38.8 Å². The topological polar surface area (TPSA) is 120 Å². The van der Waals surface area contributed by atoms with Crippen molar-refractivity contribution in [3.05, 3.63) is 109 Å². The number of benzene rings is 2. The number of ether oxygens (including phenoxy) is 2. The number of methoxy groups -OCH3 is 1. The summed E-state index contributed by atoms with van der Waals surface area (Å²) in [5.41, 5.74) is 7.67. The smallest absolute Gasteiger partial charge is 0.481 e. The van der Waals surface area contributed by atoms with Crippen LogP contribution < -0.4 is 21.3 Å². The number of aliphatic hydroxyl groups is 1. The Hall–Kier alpha value is -3.83. The minimum Gasteiger partial charge on any atom is -0.481 e. The van der Waals surface area contributed by atoms with Crippen LogP contribution in [0.3, 0.4) is 0 Å². The van der Waals surface area contributed by atoms with E-state index in [9.17, 15) is 14.7 Å². The number of hydrogen-bond acceptors (Lipinski definition) is 8. The number of nitrogens with zero attached hydrogens (tertiary/aromatic N) is 4. The molecular weight excluding hydrogens is 685 g/mol. The maximum atomic E-state index is 11.7. The maximum Gasteiger partial charge on any atom is 2.00 e. The molecule has 0 saturated carbocycles. The molecule has 49 heavy (non-hydrogen) atoms. The van der Waals surface area contributed by atoms with Gasteiger partial charge in [-0.1, -0.05) is 49.2 Å². The first-order chi connectivity index (χ1) is 23.1. The van der Waals surface area contributed by atoms with Gasteiger partial charge in [0.05, 0.1) is 25.5 Å². The molecule has 1 radical (unpaired) electrons. The molecule has 10 nitrogen and oxygen atoms in total. The minimum atomic E-state index is -0.499. The van der Waals surface area contributed by atoms with Crippen molar-refractivity contribution in [2.45, 2.75) is 51.3 Å². The number of aliphatic hydroxyl groups excluding tert-OH is 1. The van der Waals surface area contributed by atoms with Gasteiger partial charge in [-0.3, -0.25) is 0 Å². The molecule has 7 rings (SSSR count). The van der Waals surface area contributed by atoms with Crippen molar-refractivity contribution in [2.75, 3.05) is 20.3 Å². The Morgan fingerprint density at radius 3 is 2.55 bits per heavy atom. The third-order valence-electron chi connectivity index (χ3n) is 9.12. The van der Waals surface area contributed by atoms with Gasteiger partial charge in [0.2, 0.25) is 5.88 Å². The first kappa shape index (κ1) is 36.5. The van der Waals surface area contributed by atoms with Gasteiger partial charge in [-0.05, 0) is 53.7 Å². The van der Waals surface area contributed by atoms with Crippen molar-refractivity contribution in [2.24, 2.45) is 14.1 Å². The summed E-state index contributed by atoms with van der Waals surface area (Å²) in [6, 6.07) is 19.2. The van der Waals surface area contributed by atoms with E-state index >= 15 is 0 Å². The van der Waals surface area contributed by atoms with Crippen LogP contribution in [0.25, 0.3) is 33.3 Å². The van der Waals surface area contributed by atoms with E-state index in [2.05, 4.69) is 34.7 Å². The molecule has 5 aromatic rings. The number of nitrogens with one attached hydrogen (secondary N) is 1. The van der Waals surface area contributed by atoms with Crippen LogP contribution in [-0.4, -0.2) is 56.7 Å². The minimum absolute atomic E-state index is 0. The van der Waals surface area contributed by atoms with Crippen LogP contribution in [0.4, 0.5) is 0 Å². The predicted molar refractivity (Wildman–Crippen MR) is 185 cm³/mol. The average Bonchev–Trinajstić information content (AvgIpc) is 3.50. The molecule has 4 heterocycles. The van der Waals surface area contributed by atoms with Crippen LogP contribution in [0, 0.1) is 26.1 Å². The third-order valence-corrected chi connectivity index (χ3v) is 9.53. The molecule has 3 unspecified atom stereocenters. The van der Waals surface area contributed by atoms with Crippen molar-refractivity contribution >= 4 is 22.5 Å². The van der Waals surface area contributed by atoms with Gasteiger partial charge in [-0.15, -0.1) is 11.6 Å². The number of halogens is 1. The fourth-order valence-electron chi connectivity index (χ4n) is 6.50. The number of aromatic nitrogens is 4. The Kier molecular flexibility index (Phi) is 11.4. The molecule has 1 aliphatic heterocycles. The standard InChI is InChI=1S/C27H28ClN2O3.C10H10N3O2.Mn/c1-16-6-3-4-7-18(16)19-8-5-9-20(26(19)28)23-14-17-10-11-22(25(17)27(30-23)32-2)29-21-12-13-33-15-24(21)31;1-6-4-8-7(5-11-6)9(14)13(3)10(15)12(8)2;/h3-5,7-9,14,21-22,24,29,31H,10-13,15H2,1-2H3;4H,1-3H3;/q2*-1;+2. The van der Waals surface area contributed by atoms with Crippen molar-refractivity contribution in [3.8, 4) is 28.3 Å². The SMILES string of the molecule is COc1nc(-c2cccc(-c3ccc[c-]c3C)c2Cl)cc2c1C(NC1CCOCC1O)CC2.Cc1cc2c([c-]n1)c(=O)n(C)c(=O)n2C.[Mn+2]. The molecule has 2 aromatic carbocycles. The Bertz CT molecular complexity index is 2120. The second-order valence-electron chi connectivity index (χ2n) is 12.2. The maximum absolute atomic E-state index is 11.7. The van der Waals surface area contributed by atoms with Crippen LogP contribution >= 0.6 is 11.6 Å². The zero-order valence-electron chi connectivity index (χ0n) is 28.0. The van der Waals surface area contributed by atoms with Gasteiger partial charge in [0.25, 0.3) is 0 Å². The second kappa shape index (κ2) is 15.4. The number of pyridine rings is 2. The zero-order chi connectivity index (χ0) is 34.1. The molecule has 2 N–H and O–H groups in total. The molecule has 1 fully saturated rings. The van der Waals surface area contributed by atoms with Gasteiger partial charge >= 0.3 is 22.8 Å². The fourth-order valence-corrected chi connectivity index (χ4v) is 6.82. The first-order valence-corrected chi connectivity index (χ1v) is 16.3. The molecule has 0 spiro atoms. The van der Waals surface area contributed by atoms with Gasteiger partial charge in [0, 0.05) is 48.9 Å². The predicted octanol–water partition coefficient (Wildman–Crippen LogP) is 4.65. The number of fused-ring (bicyclic) bond motifs is 2. The Morgan fingerprint density at radius 2 is 1.82 bits per heavy atom. The van der Waals surface area contributed by atoms with Crippen molar-refractivity contribution < 1.29 is 31.6 Å². The summed E-state index contributed by atoms with van der Waals surface area (Å²) in [6.45, 7) is 4.87. The Balaban J connectivity index is 0.000000246.